The number of halogens is 1. The number of aromatic amines is 1. The summed E-state index contributed by atoms with van der Waals surface area (Å²) in [5, 5.41) is 5.48. The molecular weight excluding hydrogens is 366 g/mol. The van der Waals surface area contributed by atoms with Crippen LogP contribution in [0, 0.1) is 0 Å². The number of nitrogens with one attached hydrogen (secondary N) is 2. The summed E-state index contributed by atoms with van der Waals surface area (Å²) in [5.74, 6) is -0.583. The third-order valence-corrected chi connectivity index (χ3v) is 5.10. The fourth-order valence-electron chi connectivity index (χ4n) is 2.33. The monoisotopic (exact) mass is 383 g/mol. The SMILES string of the molecule is C=CCNc1c(S(C)(=O)=O)ccc(C(=O)c2c[nH]n(CC)c2=O)c1Cl. The van der Waals surface area contributed by atoms with Gasteiger partial charge in [0.1, 0.15) is 5.56 Å². The molecule has 2 rings (SSSR count). The van der Waals surface area contributed by atoms with Gasteiger partial charge in [0.05, 0.1) is 15.6 Å². The number of nitrogens with zero attached hydrogens (tertiary/aromatic N) is 1. The molecular formula is C16H18ClN3O4S. The zero-order valence-corrected chi connectivity index (χ0v) is 15.4. The van der Waals surface area contributed by atoms with Crippen LogP contribution in [-0.2, 0) is 16.4 Å². The zero-order valence-electron chi connectivity index (χ0n) is 13.8. The number of carbonyl (C=O) groups is 1. The van der Waals surface area contributed by atoms with E-state index in [2.05, 4.69) is 17.0 Å². The van der Waals surface area contributed by atoms with Crippen molar-refractivity contribution in [2.24, 2.45) is 0 Å². The fraction of sp³-hybridized carbons (Fsp3) is 0.250. The molecule has 0 fully saturated rings. The van der Waals surface area contributed by atoms with Crippen molar-refractivity contribution in [1.82, 2.24) is 9.78 Å². The first-order valence-electron chi connectivity index (χ1n) is 7.42. The third kappa shape index (κ3) is 3.69. The van der Waals surface area contributed by atoms with E-state index in [9.17, 15) is 18.0 Å². The van der Waals surface area contributed by atoms with Gasteiger partial charge >= 0.3 is 0 Å². The molecule has 0 aliphatic rings. The van der Waals surface area contributed by atoms with Crippen molar-refractivity contribution in [3.63, 3.8) is 0 Å². The number of ketones is 1. The summed E-state index contributed by atoms with van der Waals surface area (Å²) >= 11 is 6.29. The van der Waals surface area contributed by atoms with E-state index in [1.165, 1.54) is 29.1 Å². The van der Waals surface area contributed by atoms with E-state index >= 15 is 0 Å². The second-order valence-corrected chi connectivity index (χ2v) is 7.67. The number of benzene rings is 1. The second-order valence-electron chi connectivity index (χ2n) is 5.31. The van der Waals surface area contributed by atoms with Crippen LogP contribution in [0.3, 0.4) is 0 Å². The minimum Gasteiger partial charge on any atom is -0.379 e. The van der Waals surface area contributed by atoms with Crippen molar-refractivity contribution in [3.8, 4) is 0 Å². The molecule has 0 unspecified atom stereocenters. The lowest BCUT2D eigenvalue weighted by atomic mass is 10.1. The number of aromatic nitrogens is 2. The number of carbonyl (C=O) groups excluding carboxylic acids is 1. The van der Waals surface area contributed by atoms with Crippen LogP contribution in [0.15, 0.2) is 40.7 Å². The summed E-state index contributed by atoms with van der Waals surface area (Å²) in [7, 11) is -3.57. The summed E-state index contributed by atoms with van der Waals surface area (Å²) in [6.45, 7) is 5.96. The van der Waals surface area contributed by atoms with Crippen molar-refractivity contribution in [2.75, 3.05) is 18.1 Å². The van der Waals surface area contributed by atoms with Crippen LogP contribution < -0.4 is 10.9 Å². The number of hydrogen-bond donors (Lipinski definition) is 2. The zero-order chi connectivity index (χ0) is 18.8. The maximum atomic E-state index is 12.7. The normalized spacial score (nSPS) is 11.3. The predicted octanol–water partition coefficient (Wildman–Crippen LogP) is 2.08. The lowest BCUT2D eigenvalue weighted by Gasteiger charge is -2.14. The molecule has 25 heavy (non-hydrogen) atoms. The van der Waals surface area contributed by atoms with Crippen LogP contribution in [-0.4, -0.2) is 36.8 Å². The van der Waals surface area contributed by atoms with Crippen molar-refractivity contribution < 1.29 is 13.2 Å². The van der Waals surface area contributed by atoms with E-state index in [-0.39, 0.29) is 33.3 Å². The molecule has 0 bridgehead atoms. The van der Waals surface area contributed by atoms with Gasteiger partial charge in [-0.05, 0) is 19.1 Å². The molecule has 134 valence electrons. The highest BCUT2D eigenvalue weighted by atomic mass is 35.5. The highest BCUT2D eigenvalue weighted by molar-refractivity contribution is 7.90. The van der Waals surface area contributed by atoms with E-state index in [0.717, 1.165) is 6.26 Å². The van der Waals surface area contributed by atoms with Crippen molar-refractivity contribution >= 4 is 32.9 Å². The molecule has 0 atom stereocenters. The van der Waals surface area contributed by atoms with E-state index in [0.29, 0.717) is 6.54 Å². The molecule has 0 radical (unpaired) electrons. The molecule has 1 aromatic heterocycles. The Hall–Kier alpha value is -2.32. The minimum absolute atomic E-state index is 0.0315. The quantitative estimate of drug-likeness (QED) is 0.563. The second kappa shape index (κ2) is 7.28. The maximum absolute atomic E-state index is 12.7. The van der Waals surface area contributed by atoms with Crippen LogP contribution in [0.2, 0.25) is 5.02 Å². The molecule has 9 heteroatoms. The molecule has 1 aromatic carbocycles. The summed E-state index contributed by atoms with van der Waals surface area (Å²) in [6, 6.07) is 2.60. The molecule has 0 spiro atoms. The van der Waals surface area contributed by atoms with E-state index in [1.807, 2.05) is 0 Å². The van der Waals surface area contributed by atoms with E-state index in [1.54, 1.807) is 6.92 Å². The van der Waals surface area contributed by atoms with Gasteiger partial charge in [-0.2, -0.15) is 0 Å². The minimum atomic E-state index is -3.57. The Morgan fingerprint density at radius 3 is 2.60 bits per heavy atom. The predicted molar refractivity (Wildman–Crippen MR) is 97.4 cm³/mol. The Morgan fingerprint density at radius 1 is 1.40 bits per heavy atom. The number of H-pyrrole nitrogens is 1. The molecule has 0 aliphatic heterocycles. The summed E-state index contributed by atoms with van der Waals surface area (Å²) in [6.07, 6.45) is 3.89. The van der Waals surface area contributed by atoms with Gasteiger partial charge < -0.3 is 10.4 Å². The Kier molecular flexibility index (Phi) is 5.54. The fourth-order valence-corrected chi connectivity index (χ4v) is 3.57. The van der Waals surface area contributed by atoms with Gasteiger partial charge in [-0.3, -0.25) is 14.3 Å². The average Bonchev–Trinajstić information content (AvgIpc) is 2.92. The summed E-state index contributed by atoms with van der Waals surface area (Å²) in [5.41, 5.74) is -0.372. The summed E-state index contributed by atoms with van der Waals surface area (Å²) < 4.78 is 25.2. The van der Waals surface area contributed by atoms with Crippen LogP contribution in [0.25, 0.3) is 0 Å². The topological polar surface area (TPSA) is 101 Å². The molecule has 0 amide bonds. The Labute approximate surface area is 150 Å². The maximum Gasteiger partial charge on any atom is 0.277 e. The van der Waals surface area contributed by atoms with Crippen LogP contribution in [0.4, 0.5) is 5.69 Å². The Bertz CT molecular complexity index is 989. The van der Waals surface area contributed by atoms with Gasteiger partial charge in [-0.1, -0.05) is 17.7 Å². The van der Waals surface area contributed by atoms with Crippen LogP contribution in [0.1, 0.15) is 22.8 Å². The first-order valence-corrected chi connectivity index (χ1v) is 9.69. The highest BCUT2D eigenvalue weighted by Crippen LogP contribution is 2.33. The molecule has 2 N–H and O–H groups in total. The first-order chi connectivity index (χ1) is 11.7. The van der Waals surface area contributed by atoms with Gasteiger partial charge in [0.15, 0.2) is 9.84 Å². The summed E-state index contributed by atoms with van der Waals surface area (Å²) in [4.78, 5) is 24.8. The van der Waals surface area contributed by atoms with Gasteiger partial charge in [0, 0.05) is 31.1 Å². The van der Waals surface area contributed by atoms with E-state index < -0.39 is 21.2 Å². The molecule has 0 aliphatic carbocycles. The molecule has 2 aromatic rings. The van der Waals surface area contributed by atoms with Crippen LogP contribution >= 0.6 is 11.6 Å². The molecule has 1 heterocycles. The van der Waals surface area contributed by atoms with E-state index in [4.69, 9.17) is 11.6 Å². The molecule has 7 nitrogen and oxygen atoms in total. The third-order valence-electron chi connectivity index (χ3n) is 3.57. The lowest BCUT2D eigenvalue weighted by molar-refractivity contribution is 0.103. The van der Waals surface area contributed by atoms with Gasteiger partial charge in [0.2, 0.25) is 5.78 Å². The average molecular weight is 384 g/mol. The molecule has 0 saturated heterocycles. The van der Waals surface area contributed by atoms with Crippen molar-refractivity contribution in [3.05, 3.63) is 57.5 Å². The number of sulfone groups is 1. The first kappa shape index (κ1) is 19.0. The number of aryl methyl sites for hydroxylation is 1. The number of anilines is 1. The molecule has 0 saturated carbocycles. The van der Waals surface area contributed by atoms with Crippen molar-refractivity contribution in [1.29, 1.82) is 0 Å². The Balaban J connectivity index is 2.62. The highest BCUT2D eigenvalue weighted by Gasteiger charge is 2.24. The largest absolute Gasteiger partial charge is 0.379 e. The van der Waals surface area contributed by atoms with Crippen LogP contribution in [0.5, 0.6) is 0 Å². The number of hydrogen-bond acceptors (Lipinski definition) is 5. The lowest BCUT2D eigenvalue weighted by Crippen LogP contribution is -2.21. The smallest absolute Gasteiger partial charge is 0.277 e. The van der Waals surface area contributed by atoms with Gasteiger partial charge in [0.25, 0.3) is 5.56 Å². The van der Waals surface area contributed by atoms with Crippen molar-refractivity contribution in [2.45, 2.75) is 18.4 Å². The van der Waals surface area contributed by atoms with Gasteiger partial charge in [-0.15, -0.1) is 6.58 Å². The van der Waals surface area contributed by atoms with Gasteiger partial charge in [-0.25, -0.2) is 8.42 Å². The number of rotatable bonds is 7. The standard InChI is InChI=1S/C16H18ClN3O4S/c1-4-8-18-14-12(25(3,23)24)7-6-10(13(14)17)15(21)11-9-19-20(5-2)16(11)22/h4,6-7,9,18-19H,1,5,8H2,2-3H3. The Morgan fingerprint density at radius 2 is 2.08 bits per heavy atom.